The summed E-state index contributed by atoms with van der Waals surface area (Å²) in [7, 11) is 5.52. The van der Waals surface area contributed by atoms with Gasteiger partial charge in [-0.25, -0.2) is 0 Å². The smallest absolute Gasteiger partial charge is 0.231 e. The number of anilines is 1. The molecule has 1 heterocycles. The van der Waals surface area contributed by atoms with Gasteiger partial charge in [-0.05, 0) is 67.1 Å². The third-order valence-electron chi connectivity index (χ3n) is 5.51. The highest BCUT2D eigenvalue weighted by Gasteiger charge is 2.30. The van der Waals surface area contributed by atoms with Crippen LogP contribution in [0.1, 0.15) is 31.8 Å². The molecule has 4 rings (SSSR count). The molecule has 0 N–H and O–H groups in total. The monoisotopic (exact) mass is 443 g/mol. The number of methoxy groups -OCH3 is 1. The van der Waals surface area contributed by atoms with E-state index >= 15 is 0 Å². The van der Waals surface area contributed by atoms with Crippen LogP contribution >= 0.6 is 0 Å². The summed E-state index contributed by atoms with van der Waals surface area (Å²) >= 11 is 0. The van der Waals surface area contributed by atoms with Gasteiger partial charge in [0.1, 0.15) is 17.2 Å². The van der Waals surface area contributed by atoms with Crippen molar-refractivity contribution >= 4 is 23.3 Å². The molecule has 6 heteroatoms. The zero-order valence-electron chi connectivity index (χ0n) is 19.0. The Labute approximate surface area is 193 Å². The normalized spacial score (nSPS) is 13.5. The van der Waals surface area contributed by atoms with Crippen LogP contribution in [-0.4, -0.2) is 39.4 Å². The van der Waals surface area contributed by atoms with Gasteiger partial charge in [-0.2, -0.15) is 0 Å². The molecule has 0 unspecified atom stereocenters. The minimum Gasteiger partial charge on any atom is -0.497 e. The first-order chi connectivity index (χ1) is 15.9. The van der Waals surface area contributed by atoms with Gasteiger partial charge >= 0.3 is 0 Å². The number of nitrogens with zero attached hydrogens (tertiary/aromatic N) is 1. The Morgan fingerprint density at radius 3 is 2.33 bits per heavy atom. The predicted octanol–water partition coefficient (Wildman–Crippen LogP) is 4.95. The lowest BCUT2D eigenvalue weighted by Gasteiger charge is -2.12. The van der Waals surface area contributed by atoms with E-state index in [0.29, 0.717) is 33.9 Å². The maximum absolute atomic E-state index is 12.8. The van der Waals surface area contributed by atoms with Gasteiger partial charge in [-0.15, -0.1) is 0 Å². The summed E-state index contributed by atoms with van der Waals surface area (Å²) in [5.74, 6) is 1.57. The fourth-order valence-electron chi connectivity index (χ4n) is 3.55. The fourth-order valence-corrected chi connectivity index (χ4v) is 3.55. The van der Waals surface area contributed by atoms with E-state index < -0.39 is 0 Å². The predicted molar refractivity (Wildman–Crippen MR) is 128 cm³/mol. The second kappa shape index (κ2) is 9.20. The number of Topliss-reactive ketones (excluding diaryl/α,β-unsaturated/α-hetero) is 2. The molecule has 0 aromatic heterocycles. The van der Waals surface area contributed by atoms with Crippen LogP contribution in [-0.2, 0) is 0 Å². The molecule has 0 spiro atoms. The molecule has 0 saturated heterocycles. The van der Waals surface area contributed by atoms with E-state index in [-0.39, 0.29) is 23.9 Å². The zero-order valence-corrected chi connectivity index (χ0v) is 19.0. The highest BCUT2D eigenvalue weighted by atomic mass is 16.5. The van der Waals surface area contributed by atoms with Crippen LogP contribution in [0.15, 0.2) is 66.4 Å². The van der Waals surface area contributed by atoms with Gasteiger partial charge in [-0.1, -0.05) is 12.1 Å². The molecule has 168 valence electrons. The number of ketones is 2. The zero-order chi connectivity index (χ0) is 23.5. The number of ether oxygens (including phenoxy) is 3. The molecule has 0 fully saturated rings. The number of benzene rings is 3. The number of carbonyl (C=O) groups excluding carboxylic acids is 2. The fraction of sp³-hybridized carbons (Fsp3) is 0.185. The third kappa shape index (κ3) is 4.60. The minimum absolute atomic E-state index is 0.124. The van der Waals surface area contributed by atoms with E-state index in [1.54, 1.807) is 49.6 Å². The van der Waals surface area contributed by atoms with E-state index in [9.17, 15) is 9.59 Å². The molecular weight excluding hydrogens is 418 g/mol. The van der Waals surface area contributed by atoms with Gasteiger partial charge in [0.2, 0.25) is 5.78 Å². The number of hydrogen-bond acceptors (Lipinski definition) is 6. The molecule has 0 amide bonds. The molecule has 0 atom stereocenters. The third-order valence-corrected chi connectivity index (χ3v) is 5.51. The van der Waals surface area contributed by atoms with E-state index in [1.165, 1.54) is 0 Å². The largest absolute Gasteiger partial charge is 0.497 e. The maximum atomic E-state index is 12.8. The van der Waals surface area contributed by atoms with Crippen LogP contribution in [0.4, 0.5) is 5.69 Å². The van der Waals surface area contributed by atoms with Gasteiger partial charge in [0.15, 0.2) is 18.1 Å². The molecule has 0 saturated carbocycles. The van der Waals surface area contributed by atoms with Crippen molar-refractivity contribution in [3.05, 3.63) is 88.7 Å². The van der Waals surface area contributed by atoms with Crippen molar-refractivity contribution in [2.24, 2.45) is 0 Å². The summed E-state index contributed by atoms with van der Waals surface area (Å²) in [6.45, 7) is 1.69. The van der Waals surface area contributed by atoms with Crippen LogP contribution in [0.5, 0.6) is 17.2 Å². The van der Waals surface area contributed by atoms with Gasteiger partial charge in [-0.3, -0.25) is 9.59 Å². The highest BCUT2D eigenvalue weighted by Crippen LogP contribution is 2.39. The Hall–Kier alpha value is -4.06. The Kier molecular flexibility index (Phi) is 6.18. The SMILES string of the molecule is COc1ccc(C(=O)COc2ccc3c(c2C)O/C(=C\c2ccc(N(C)C)cc2)C3=O)cc1. The van der Waals surface area contributed by atoms with Crippen molar-refractivity contribution in [3.8, 4) is 17.2 Å². The molecular formula is C27H25NO5. The van der Waals surface area contributed by atoms with Gasteiger partial charge in [0.05, 0.1) is 12.7 Å². The average molecular weight is 443 g/mol. The highest BCUT2D eigenvalue weighted by molar-refractivity contribution is 6.15. The molecule has 3 aromatic carbocycles. The quantitative estimate of drug-likeness (QED) is 0.380. The van der Waals surface area contributed by atoms with Crippen molar-refractivity contribution in [3.63, 3.8) is 0 Å². The summed E-state index contributed by atoms with van der Waals surface area (Å²) < 4.78 is 16.8. The Morgan fingerprint density at radius 2 is 1.70 bits per heavy atom. The first-order valence-corrected chi connectivity index (χ1v) is 10.5. The lowest BCUT2D eigenvalue weighted by Crippen LogP contribution is -2.12. The Bertz CT molecular complexity index is 1220. The molecule has 6 nitrogen and oxygen atoms in total. The topological polar surface area (TPSA) is 65.1 Å². The maximum Gasteiger partial charge on any atom is 0.231 e. The van der Waals surface area contributed by atoms with Gasteiger partial charge in [0.25, 0.3) is 0 Å². The number of carbonyl (C=O) groups is 2. The van der Waals surface area contributed by atoms with Crippen LogP contribution in [0.25, 0.3) is 6.08 Å². The van der Waals surface area contributed by atoms with Gasteiger partial charge in [0, 0.05) is 30.9 Å². The molecule has 0 bridgehead atoms. The van der Waals surface area contributed by atoms with Crippen LogP contribution in [0.2, 0.25) is 0 Å². The summed E-state index contributed by atoms with van der Waals surface area (Å²) in [4.78, 5) is 27.3. The van der Waals surface area contributed by atoms with Crippen LogP contribution in [0.3, 0.4) is 0 Å². The number of rotatable bonds is 7. The number of allylic oxidation sites excluding steroid dienone is 1. The molecule has 1 aliphatic heterocycles. The first-order valence-electron chi connectivity index (χ1n) is 10.5. The Balaban J connectivity index is 1.49. The second-order valence-electron chi connectivity index (χ2n) is 7.93. The van der Waals surface area contributed by atoms with Crippen molar-refractivity contribution in [1.29, 1.82) is 0 Å². The lowest BCUT2D eigenvalue weighted by molar-refractivity contribution is 0.0920. The van der Waals surface area contributed by atoms with Crippen molar-refractivity contribution in [1.82, 2.24) is 0 Å². The molecule has 1 aliphatic rings. The second-order valence-corrected chi connectivity index (χ2v) is 7.93. The standard InChI is InChI=1S/C27H25NO5/c1-17-24(32-16-23(29)19-7-11-21(31-4)12-8-19)14-13-22-26(30)25(33-27(17)22)15-18-5-9-20(10-6-18)28(2)3/h5-15H,16H2,1-4H3/b25-15-. The molecule has 0 radical (unpaired) electrons. The lowest BCUT2D eigenvalue weighted by atomic mass is 10.1. The molecule has 33 heavy (non-hydrogen) atoms. The van der Waals surface area contributed by atoms with E-state index in [1.807, 2.05) is 50.2 Å². The van der Waals surface area contributed by atoms with E-state index in [2.05, 4.69) is 0 Å². The molecule has 3 aromatic rings. The van der Waals surface area contributed by atoms with Crippen LogP contribution < -0.4 is 19.1 Å². The number of fused-ring (bicyclic) bond motifs is 1. The first kappa shape index (κ1) is 22.1. The molecule has 0 aliphatic carbocycles. The van der Waals surface area contributed by atoms with Crippen LogP contribution in [0, 0.1) is 6.92 Å². The van der Waals surface area contributed by atoms with E-state index in [4.69, 9.17) is 14.2 Å². The average Bonchev–Trinajstić information content (AvgIpc) is 3.14. The minimum atomic E-state index is -0.175. The van der Waals surface area contributed by atoms with Crippen molar-refractivity contribution in [2.45, 2.75) is 6.92 Å². The van der Waals surface area contributed by atoms with E-state index in [0.717, 1.165) is 11.3 Å². The Morgan fingerprint density at radius 1 is 1.00 bits per heavy atom. The van der Waals surface area contributed by atoms with Crippen molar-refractivity contribution in [2.75, 3.05) is 32.7 Å². The summed E-state index contributed by atoms with van der Waals surface area (Å²) in [6, 6.07) is 18.1. The van der Waals surface area contributed by atoms with Crippen molar-refractivity contribution < 1.29 is 23.8 Å². The summed E-state index contributed by atoms with van der Waals surface area (Å²) in [5, 5.41) is 0. The summed E-state index contributed by atoms with van der Waals surface area (Å²) in [6.07, 6.45) is 1.73. The summed E-state index contributed by atoms with van der Waals surface area (Å²) in [5.41, 5.74) is 3.63. The van der Waals surface area contributed by atoms with Gasteiger partial charge < -0.3 is 19.1 Å². The number of hydrogen-bond donors (Lipinski definition) is 0.